The number of anilines is 2. The zero-order chi connectivity index (χ0) is 11.4. The summed E-state index contributed by atoms with van der Waals surface area (Å²) < 4.78 is 1.85. The fourth-order valence-electron chi connectivity index (χ4n) is 1.40. The van der Waals surface area contributed by atoms with Crippen LogP contribution in [0.5, 0.6) is 0 Å². The standard InChI is InChI=1S/C10H20N4O/c1-4-5-14-10(12-6-7(2)15)9(11)8(3)13-14/h7,12,15H,4-6,11H2,1-3H3. The highest BCUT2D eigenvalue weighted by molar-refractivity contribution is 5.64. The Labute approximate surface area is 90.3 Å². The van der Waals surface area contributed by atoms with Crippen LogP contribution in [0.25, 0.3) is 0 Å². The third-order valence-electron chi connectivity index (χ3n) is 2.17. The summed E-state index contributed by atoms with van der Waals surface area (Å²) in [6, 6.07) is 0. The Kier molecular flexibility index (Phi) is 3.96. The Bertz CT molecular complexity index is 319. The van der Waals surface area contributed by atoms with Crippen molar-refractivity contribution in [1.29, 1.82) is 0 Å². The maximum absolute atomic E-state index is 9.20. The molecule has 1 aromatic rings. The fraction of sp³-hybridized carbons (Fsp3) is 0.700. The van der Waals surface area contributed by atoms with Crippen LogP contribution < -0.4 is 11.1 Å². The van der Waals surface area contributed by atoms with E-state index in [2.05, 4.69) is 17.3 Å². The van der Waals surface area contributed by atoms with Crippen LogP contribution in [-0.2, 0) is 6.54 Å². The number of nitrogens with two attached hydrogens (primary N) is 1. The summed E-state index contributed by atoms with van der Waals surface area (Å²) in [6.45, 7) is 7.02. The molecule has 0 fully saturated rings. The summed E-state index contributed by atoms with van der Waals surface area (Å²) >= 11 is 0. The van der Waals surface area contributed by atoms with Gasteiger partial charge in [0.15, 0.2) is 0 Å². The van der Waals surface area contributed by atoms with Gasteiger partial charge < -0.3 is 16.2 Å². The van der Waals surface area contributed by atoms with Crippen LogP contribution >= 0.6 is 0 Å². The van der Waals surface area contributed by atoms with Gasteiger partial charge in [0, 0.05) is 13.1 Å². The van der Waals surface area contributed by atoms with Crippen LogP contribution in [-0.4, -0.2) is 27.5 Å². The van der Waals surface area contributed by atoms with Gasteiger partial charge in [0.2, 0.25) is 0 Å². The largest absolute Gasteiger partial charge is 0.394 e. The number of nitrogen functional groups attached to an aromatic ring is 1. The molecule has 0 aliphatic carbocycles. The molecule has 5 nitrogen and oxygen atoms in total. The zero-order valence-electron chi connectivity index (χ0n) is 9.62. The second kappa shape index (κ2) is 5.02. The minimum absolute atomic E-state index is 0.394. The number of hydrogen-bond acceptors (Lipinski definition) is 4. The maximum Gasteiger partial charge on any atom is 0.148 e. The molecule has 0 aliphatic heterocycles. The minimum Gasteiger partial charge on any atom is -0.394 e. The van der Waals surface area contributed by atoms with Crippen molar-refractivity contribution in [3.05, 3.63) is 5.69 Å². The monoisotopic (exact) mass is 212 g/mol. The molecule has 0 aromatic carbocycles. The quantitative estimate of drug-likeness (QED) is 0.680. The summed E-state index contributed by atoms with van der Waals surface area (Å²) in [5.41, 5.74) is 7.39. The molecule has 0 aliphatic rings. The van der Waals surface area contributed by atoms with E-state index in [1.54, 1.807) is 6.92 Å². The van der Waals surface area contributed by atoms with Gasteiger partial charge in [-0.2, -0.15) is 5.10 Å². The van der Waals surface area contributed by atoms with E-state index in [1.165, 1.54) is 0 Å². The molecule has 5 heteroatoms. The summed E-state index contributed by atoms with van der Waals surface area (Å²) in [5, 5.41) is 16.6. The van der Waals surface area contributed by atoms with Gasteiger partial charge in [-0.15, -0.1) is 0 Å². The molecular weight excluding hydrogens is 192 g/mol. The second-order valence-corrected chi connectivity index (χ2v) is 3.80. The van der Waals surface area contributed by atoms with Crippen LogP contribution in [0.15, 0.2) is 0 Å². The first-order valence-electron chi connectivity index (χ1n) is 5.31. The molecule has 0 bridgehead atoms. The Balaban J connectivity index is 2.82. The van der Waals surface area contributed by atoms with Crippen molar-refractivity contribution in [2.75, 3.05) is 17.6 Å². The molecule has 0 radical (unpaired) electrons. The van der Waals surface area contributed by atoms with Gasteiger partial charge in [-0.25, -0.2) is 4.68 Å². The lowest BCUT2D eigenvalue weighted by Crippen LogP contribution is -2.18. The number of hydrogen-bond donors (Lipinski definition) is 3. The number of nitrogens with one attached hydrogen (secondary N) is 1. The minimum atomic E-state index is -0.394. The lowest BCUT2D eigenvalue weighted by Gasteiger charge is -2.11. The number of aromatic nitrogens is 2. The van der Waals surface area contributed by atoms with Crippen molar-refractivity contribution in [3.63, 3.8) is 0 Å². The number of nitrogens with zero attached hydrogens (tertiary/aromatic N) is 2. The van der Waals surface area contributed by atoms with Crippen LogP contribution in [0.3, 0.4) is 0 Å². The van der Waals surface area contributed by atoms with Crippen LogP contribution in [0.4, 0.5) is 11.5 Å². The predicted molar refractivity (Wildman–Crippen MR) is 61.8 cm³/mol. The Morgan fingerprint density at radius 3 is 2.80 bits per heavy atom. The fourth-order valence-corrected chi connectivity index (χ4v) is 1.40. The SMILES string of the molecule is CCCn1nc(C)c(N)c1NCC(C)O. The van der Waals surface area contributed by atoms with Gasteiger partial charge in [-0.1, -0.05) is 6.92 Å². The molecule has 0 amide bonds. The number of aliphatic hydroxyl groups is 1. The zero-order valence-corrected chi connectivity index (χ0v) is 9.62. The van der Waals surface area contributed by atoms with E-state index in [-0.39, 0.29) is 0 Å². The molecule has 1 atom stereocenters. The van der Waals surface area contributed by atoms with E-state index < -0.39 is 6.10 Å². The first kappa shape index (κ1) is 11.8. The predicted octanol–water partition coefficient (Wildman–Crippen LogP) is 0.976. The Hall–Kier alpha value is -1.23. The van der Waals surface area contributed by atoms with Crippen LogP contribution in [0.1, 0.15) is 26.0 Å². The van der Waals surface area contributed by atoms with Crippen molar-refractivity contribution in [3.8, 4) is 0 Å². The highest BCUT2D eigenvalue weighted by Crippen LogP contribution is 2.22. The molecule has 1 unspecified atom stereocenters. The first-order valence-corrected chi connectivity index (χ1v) is 5.31. The van der Waals surface area contributed by atoms with Crippen molar-refractivity contribution in [1.82, 2.24) is 9.78 Å². The van der Waals surface area contributed by atoms with E-state index >= 15 is 0 Å². The molecule has 0 saturated heterocycles. The average molecular weight is 212 g/mol. The number of aryl methyl sites for hydroxylation is 2. The summed E-state index contributed by atoms with van der Waals surface area (Å²) in [6.07, 6.45) is 0.610. The van der Waals surface area contributed by atoms with E-state index in [0.29, 0.717) is 12.2 Å². The molecule has 0 spiro atoms. The molecular formula is C10H20N4O. The van der Waals surface area contributed by atoms with Crippen molar-refractivity contribution in [2.24, 2.45) is 0 Å². The van der Waals surface area contributed by atoms with E-state index in [9.17, 15) is 5.11 Å². The molecule has 15 heavy (non-hydrogen) atoms. The number of aliphatic hydroxyl groups excluding tert-OH is 1. The van der Waals surface area contributed by atoms with Gasteiger partial charge >= 0.3 is 0 Å². The Morgan fingerprint density at radius 1 is 1.60 bits per heavy atom. The Morgan fingerprint density at radius 2 is 2.27 bits per heavy atom. The van der Waals surface area contributed by atoms with Crippen molar-refractivity contribution >= 4 is 11.5 Å². The van der Waals surface area contributed by atoms with Gasteiger partial charge in [0.1, 0.15) is 5.82 Å². The smallest absolute Gasteiger partial charge is 0.148 e. The van der Waals surface area contributed by atoms with Crippen molar-refractivity contribution < 1.29 is 5.11 Å². The summed E-state index contributed by atoms with van der Waals surface area (Å²) in [4.78, 5) is 0. The second-order valence-electron chi connectivity index (χ2n) is 3.80. The third-order valence-corrected chi connectivity index (χ3v) is 2.17. The molecule has 86 valence electrons. The summed E-state index contributed by atoms with van der Waals surface area (Å²) in [7, 11) is 0. The molecule has 1 rings (SSSR count). The molecule has 0 saturated carbocycles. The molecule has 4 N–H and O–H groups in total. The summed E-state index contributed by atoms with van der Waals surface area (Å²) in [5.74, 6) is 0.815. The average Bonchev–Trinajstić information content (AvgIpc) is 2.41. The first-order chi connectivity index (χ1) is 7.06. The molecule has 1 heterocycles. The lowest BCUT2D eigenvalue weighted by molar-refractivity contribution is 0.208. The van der Waals surface area contributed by atoms with Crippen molar-refractivity contribution in [2.45, 2.75) is 39.8 Å². The van der Waals surface area contributed by atoms with E-state index in [4.69, 9.17) is 5.73 Å². The van der Waals surface area contributed by atoms with E-state index in [1.807, 2.05) is 11.6 Å². The molecule has 1 aromatic heterocycles. The maximum atomic E-state index is 9.20. The van der Waals surface area contributed by atoms with E-state index in [0.717, 1.165) is 24.5 Å². The highest BCUT2D eigenvalue weighted by atomic mass is 16.3. The van der Waals surface area contributed by atoms with Gasteiger partial charge in [-0.3, -0.25) is 0 Å². The third kappa shape index (κ3) is 2.86. The van der Waals surface area contributed by atoms with Crippen LogP contribution in [0.2, 0.25) is 0 Å². The van der Waals surface area contributed by atoms with Gasteiger partial charge in [0.25, 0.3) is 0 Å². The van der Waals surface area contributed by atoms with Gasteiger partial charge in [0.05, 0.1) is 17.5 Å². The van der Waals surface area contributed by atoms with Gasteiger partial charge in [-0.05, 0) is 20.3 Å². The lowest BCUT2D eigenvalue weighted by atomic mass is 10.3. The van der Waals surface area contributed by atoms with Crippen LogP contribution in [0, 0.1) is 6.92 Å². The highest BCUT2D eigenvalue weighted by Gasteiger charge is 2.11. The normalized spacial score (nSPS) is 12.8. The topological polar surface area (TPSA) is 76.1 Å². The number of rotatable bonds is 5.